The molecule has 3 aromatic rings. The molecule has 0 radical (unpaired) electrons. The first-order chi connectivity index (χ1) is 16.5. The number of morpholine rings is 1. The molecule has 1 fully saturated rings. The predicted molar refractivity (Wildman–Crippen MR) is 133 cm³/mol. The number of halogens is 1. The van der Waals surface area contributed by atoms with E-state index in [4.69, 9.17) is 9.73 Å². The highest BCUT2D eigenvalue weighted by atomic mass is 32.1. The third-order valence-corrected chi connectivity index (χ3v) is 6.61. The van der Waals surface area contributed by atoms with E-state index in [1.165, 1.54) is 23.0 Å². The van der Waals surface area contributed by atoms with Crippen molar-refractivity contribution < 1.29 is 13.9 Å². The largest absolute Gasteiger partial charge is 0.379 e. The van der Waals surface area contributed by atoms with Crippen LogP contribution < -0.4 is 15.4 Å². The van der Waals surface area contributed by atoms with Crippen molar-refractivity contribution in [1.29, 1.82) is 0 Å². The number of carbonyl (C=O) groups is 1. The highest BCUT2D eigenvalue weighted by Gasteiger charge is 2.13. The lowest BCUT2D eigenvalue weighted by Crippen LogP contribution is -2.36. The quantitative estimate of drug-likeness (QED) is 0.539. The second kappa shape index (κ2) is 11.4. The van der Waals surface area contributed by atoms with Gasteiger partial charge < -0.3 is 19.9 Å². The molecule has 2 heterocycles. The topological polar surface area (TPSA) is 70.9 Å². The van der Waals surface area contributed by atoms with Gasteiger partial charge in [-0.3, -0.25) is 4.90 Å². The van der Waals surface area contributed by atoms with E-state index in [0.29, 0.717) is 24.3 Å². The highest BCUT2D eigenvalue weighted by Crippen LogP contribution is 2.23. The van der Waals surface area contributed by atoms with Crippen molar-refractivity contribution in [3.63, 3.8) is 0 Å². The van der Waals surface area contributed by atoms with Crippen LogP contribution in [0.15, 0.2) is 52.8 Å². The second-order valence-electron chi connectivity index (χ2n) is 8.20. The van der Waals surface area contributed by atoms with E-state index in [0.717, 1.165) is 48.9 Å². The van der Waals surface area contributed by atoms with Crippen LogP contribution in [-0.4, -0.2) is 55.4 Å². The molecule has 0 atom stereocenters. The van der Waals surface area contributed by atoms with Crippen molar-refractivity contribution in [2.45, 2.75) is 20.0 Å². The lowest BCUT2D eigenvalue weighted by Gasteiger charge is -2.26. The first kappa shape index (κ1) is 24.1. The van der Waals surface area contributed by atoms with Gasteiger partial charge in [-0.05, 0) is 47.9 Å². The Morgan fingerprint density at radius 2 is 2.03 bits per heavy atom. The molecular weight excluding hydrogens is 453 g/mol. The number of rotatable bonds is 7. The normalized spacial score (nSPS) is 14.9. The van der Waals surface area contributed by atoms with Crippen LogP contribution in [-0.2, 0) is 17.8 Å². The third-order valence-electron chi connectivity index (χ3n) is 5.74. The predicted octanol–water partition coefficient (Wildman–Crippen LogP) is 3.66. The maximum atomic E-state index is 13.7. The molecule has 0 saturated carbocycles. The fourth-order valence-electron chi connectivity index (χ4n) is 3.89. The Hall–Kier alpha value is -3.01. The van der Waals surface area contributed by atoms with Gasteiger partial charge in [0, 0.05) is 45.2 Å². The van der Waals surface area contributed by atoms with Crippen molar-refractivity contribution in [1.82, 2.24) is 20.1 Å². The highest BCUT2D eigenvalue weighted by molar-refractivity contribution is 7.07. The maximum absolute atomic E-state index is 13.7. The standard InChI is InChI=1S/C25H30FN5O2S/c1-18-14-21(6-7-22(18)26)29-25-31(9-8-28-24(32)27-2)23(17-34-25)20-5-3-4-19(15-20)16-30-10-12-33-13-11-30/h3-7,14-15,17H,8-13,16H2,1-2H3,(H2,27,28,32). The van der Waals surface area contributed by atoms with Crippen LogP contribution in [0.3, 0.4) is 0 Å². The average Bonchev–Trinajstić information content (AvgIpc) is 3.24. The Bertz CT molecular complexity index is 1200. The SMILES string of the molecule is CNC(=O)NCCn1c(-c2cccc(CN3CCOCC3)c2)csc1=Nc1ccc(F)c(C)c1. The minimum atomic E-state index is -0.245. The van der Waals surface area contributed by atoms with Gasteiger partial charge in [0.2, 0.25) is 0 Å². The number of urea groups is 1. The summed E-state index contributed by atoms with van der Waals surface area (Å²) in [6.45, 7) is 7.04. The van der Waals surface area contributed by atoms with Gasteiger partial charge in [-0.25, -0.2) is 14.2 Å². The van der Waals surface area contributed by atoms with E-state index in [2.05, 4.69) is 49.7 Å². The van der Waals surface area contributed by atoms with Gasteiger partial charge in [0.15, 0.2) is 4.80 Å². The molecule has 1 saturated heterocycles. The lowest BCUT2D eigenvalue weighted by atomic mass is 10.1. The zero-order valence-electron chi connectivity index (χ0n) is 19.5. The fourth-order valence-corrected chi connectivity index (χ4v) is 4.85. The first-order valence-corrected chi connectivity index (χ1v) is 12.3. The monoisotopic (exact) mass is 483 g/mol. The minimum Gasteiger partial charge on any atom is -0.379 e. The van der Waals surface area contributed by atoms with Crippen LogP contribution in [0.25, 0.3) is 11.3 Å². The zero-order valence-corrected chi connectivity index (χ0v) is 20.3. The number of thiazole rings is 1. The van der Waals surface area contributed by atoms with Crippen molar-refractivity contribution in [2.75, 3.05) is 39.9 Å². The molecule has 0 spiro atoms. The Morgan fingerprint density at radius 1 is 1.21 bits per heavy atom. The molecule has 2 N–H and O–H groups in total. The number of nitrogens with one attached hydrogen (secondary N) is 2. The first-order valence-electron chi connectivity index (χ1n) is 11.4. The number of amides is 2. The molecule has 1 aliphatic rings. The summed E-state index contributed by atoms with van der Waals surface area (Å²) in [6, 6.07) is 13.2. The van der Waals surface area contributed by atoms with Gasteiger partial charge in [-0.15, -0.1) is 11.3 Å². The molecule has 34 heavy (non-hydrogen) atoms. The second-order valence-corrected chi connectivity index (χ2v) is 9.03. The molecule has 1 aromatic heterocycles. The molecule has 4 rings (SSSR count). The number of aromatic nitrogens is 1. The van der Waals surface area contributed by atoms with Crippen LogP contribution >= 0.6 is 11.3 Å². The van der Waals surface area contributed by atoms with Crippen molar-refractivity contribution in [3.05, 3.63) is 69.6 Å². The average molecular weight is 484 g/mol. The molecule has 7 nitrogen and oxygen atoms in total. The number of benzene rings is 2. The molecule has 180 valence electrons. The summed E-state index contributed by atoms with van der Waals surface area (Å²) in [6.07, 6.45) is 0. The number of ether oxygens (including phenoxy) is 1. The van der Waals surface area contributed by atoms with Crippen LogP contribution in [0.2, 0.25) is 0 Å². The molecule has 2 amide bonds. The lowest BCUT2D eigenvalue weighted by molar-refractivity contribution is 0.0342. The molecule has 0 aliphatic carbocycles. The van der Waals surface area contributed by atoms with Gasteiger partial charge in [0.05, 0.1) is 24.6 Å². The van der Waals surface area contributed by atoms with Crippen molar-refractivity contribution >= 4 is 23.1 Å². The third kappa shape index (κ3) is 6.11. The van der Waals surface area contributed by atoms with Crippen LogP contribution in [0.4, 0.5) is 14.9 Å². The number of carbonyl (C=O) groups excluding carboxylic acids is 1. The van der Waals surface area contributed by atoms with Crippen LogP contribution in [0.1, 0.15) is 11.1 Å². The minimum absolute atomic E-state index is 0.225. The van der Waals surface area contributed by atoms with Crippen molar-refractivity contribution in [2.24, 2.45) is 4.99 Å². The number of hydrogen-bond donors (Lipinski definition) is 2. The molecule has 2 aromatic carbocycles. The molecule has 0 bridgehead atoms. The van der Waals surface area contributed by atoms with E-state index in [1.54, 1.807) is 26.1 Å². The summed E-state index contributed by atoms with van der Waals surface area (Å²) in [4.78, 5) is 19.6. The summed E-state index contributed by atoms with van der Waals surface area (Å²) in [5.74, 6) is -0.245. The Labute approximate surface area is 202 Å². The fraction of sp³-hybridized carbons (Fsp3) is 0.360. The summed E-state index contributed by atoms with van der Waals surface area (Å²) in [5, 5.41) is 7.51. The summed E-state index contributed by atoms with van der Waals surface area (Å²) < 4.78 is 21.3. The number of hydrogen-bond acceptors (Lipinski definition) is 5. The Morgan fingerprint density at radius 3 is 2.79 bits per heavy atom. The van der Waals surface area contributed by atoms with E-state index in [-0.39, 0.29) is 11.8 Å². The van der Waals surface area contributed by atoms with Gasteiger partial charge in [-0.1, -0.05) is 18.2 Å². The Balaban J connectivity index is 1.66. The van der Waals surface area contributed by atoms with E-state index < -0.39 is 0 Å². The van der Waals surface area contributed by atoms with Crippen molar-refractivity contribution in [3.8, 4) is 11.3 Å². The van der Waals surface area contributed by atoms with Gasteiger partial charge >= 0.3 is 6.03 Å². The van der Waals surface area contributed by atoms with Gasteiger partial charge in [-0.2, -0.15) is 0 Å². The molecular formula is C25H30FN5O2S. The number of aryl methyl sites for hydroxylation is 1. The van der Waals surface area contributed by atoms with Gasteiger partial charge in [0.25, 0.3) is 0 Å². The molecule has 1 aliphatic heterocycles. The molecule has 9 heteroatoms. The summed E-state index contributed by atoms with van der Waals surface area (Å²) in [7, 11) is 1.59. The number of nitrogens with zero attached hydrogens (tertiary/aromatic N) is 3. The van der Waals surface area contributed by atoms with E-state index in [9.17, 15) is 9.18 Å². The molecule has 0 unspecified atom stereocenters. The van der Waals surface area contributed by atoms with E-state index in [1.807, 2.05) is 0 Å². The zero-order chi connectivity index (χ0) is 23.9. The Kier molecular flexibility index (Phi) is 8.10. The maximum Gasteiger partial charge on any atom is 0.314 e. The van der Waals surface area contributed by atoms with Crippen LogP contribution in [0.5, 0.6) is 0 Å². The van der Waals surface area contributed by atoms with Crippen LogP contribution in [0, 0.1) is 12.7 Å². The van der Waals surface area contributed by atoms with Gasteiger partial charge in [0.1, 0.15) is 5.82 Å². The summed E-state index contributed by atoms with van der Waals surface area (Å²) in [5.41, 5.74) is 4.63. The smallest absolute Gasteiger partial charge is 0.314 e. The summed E-state index contributed by atoms with van der Waals surface area (Å²) >= 11 is 1.53. The van der Waals surface area contributed by atoms with E-state index >= 15 is 0 Å².